The summed E-state index contributed by atoms with van der Waals surface area (Å²) < 4.78 is 0. The Kier molecular flexibility index (Phi) is 4.06. The van der Waals surface area contributed by atoms with Gasteiger partial charge in [-0.2, -0.15) is 0 Å². The molecule has 0 saturated heterocycles. The molecule has 1 atom stereocenters. The molecule has 1 aliphatic heterocycles. The standard InChI is InChI=1S/C17H24N2O/c1-2-15(19-14-5-3-4-6-14)17(20)13-7-8-16-12(11-13)9-10-18-16/h7-8,11,14-15,18-19H,2-6,9-10H2,1H3. The number of hydrogen-bond donors (Lipinski definition) is 2. The van der Waals surface area contributed by atoms with Crippen LogP contribution in [0.2, 0.25) is 0 Å². The van der Waals surface area contributed by atoms with Crippen LogP contribution in [0.5, 0.6) is 0 Å². The van der Waals surface area contributed by atoms with Crippen molar-refractivity contribution in [3.63, 3.8) is 0 Å². The number of ketones is 1. The van der Waals surface area contributed by atoms with Crippen molar-refractivity contribution in [2.45, 2.75) is 57.5 Å². The minimum Gasteiger partial charge on any atom is -0.384 e. The fourth-order valence-corrected chi connectivity index (χ4v) is 3.42. The molecule has 0 spiro atoms. The predicted molar refractivity (Wildman–Crippen MR) is 82.4 cm³/mol. The Labute approximate surface area is 121 Å². The van der Waals surface area contributed by atoms with Crippen molar-refractivity contribution in [1.82, 2.24) is 5.32 Å². The minimum absolute atomic E-state index is 0.0227. The number of benzene rings is 1. The highest BCUT2D eigenvalue weighted by molar-refractivity contribution is 6.00. The molecule has 1 saturated carbocycles. The summed E-state index contributed by atoms with van der Waals surface area (Å²) in [7, 11) is 0. The van der Waals surface area contributed by atoms with Gasteiger partial charge in [0.1, 0.15) is 0 Å². The summed E-state index contributed by atoms with van der Waals surface area (Å²) >= 11 is 0. The fourth-order valence-electron chi connectivity index (χ4n) is 3.42. The summed E-state index contributed by atoms with van der Waals surface area (Å²) in [6.07, 6.45) is 6.93. The Bertz CT molecular complexity index is 492. The second-order valence-electron chi connectivity index (χ2n) is 6.02. The maximum absolute atomic E-state index is 12.7. The topological polar surface area (TPSA) is 41.1 Å². The molecule has 3 rings (SSSR count). The van der Waals surface area contributed by atoms with Gasteiger partial charge in [-0.05, 0) is 49.4 Å². The quantitative estimate of drug-likeness (QED) is 0.809. The molecule has 0 amide bonds. The first-order valence-electron chi connectivity index (χ1n) is 7.95. The summed E-state index contributed by atoms with van der Waals surface area (Å²) in [6, 6.07) is 6.62. The number of rotatable bonds is 5. The Balaban J connectivity index is 1.72. The van der Waals surface area contributed by atoms with Crippen LogP contribution in [0, 0.1) is 0 Å². The molecule has 1 aromatic rings. The van der Waals surface area contributed by atoms with Crippen molar-refractivity contribution in [2.75, 3.05) is 11.9 Å². The van der Waals surface area contributed by atoms with Crippen LogP contribution in [0.15, 0.2) is 18.2 Å². The zero-order valence-electron chi connectivity index (χ0n) is 12.2. The van der Waals surface area contributed by atoms with Gasteiger partial charge in [0.25, 0.3) is 0 Å². The lowest BCUT2D eigenvalue weighted by Crippen LogP contribution is -2.41. The van der Waals surface area contributed by atoms with E-state index in [1.165, 1.54) is 36.9 Å². The van der Waals surface area contributed by atoms with Gasteiger partial charge in [0.05, 0.1) is 6.04 Å². The van der Waals surface area contributed by atoms with E-state index in [9.17, 15) is 4.79 Å². The first-order valence-corrected chi connectivity index (χ1v) is 7.95. The van der Waals surface area contributed by atoms with Gasteiger partial charge in [-0.3, -0.25) is 4.79 Å². The summed E-state index contributed by atoms with van der Waals surface area (Å²) in [5, 5.41) is 6.91. The van der Waals surface area contributed by atoms with Crippen LogP contribution in [0.4, 0.5) is 5.69 Å². The van der Waals surface area contributed by atoms with Crippen molar-refractivity contribution in [2.24, 2.45) is 0 Å². The summed E-state index contributed by atoms with van der Waals surface area (Å²) in [5.74, 6) is 0.258. The molecule has 1 fully saturated rings. The smallest absolute Gasteiger partial charge is 0.179 e. The molecule has 1 aliphatic carbocycles. The lowest BCUT2D eigenvalue weighted by Gasteiger charge is -2.21. The zero-order valence-corrected chi connectivity index (χ0v) is 12.2. The molecule has 0 radical (unpaired) electrons. The van der Waals surface area contributed by atoms with E-state index in [-0.39, 0.29) is 11.8 Å². The molecule has 0 aromatic heterocycles. The Morgan fingerprint density at radius 3 is 2.95 bits per heavy atom. The van der Waals surface area contributed by atoms with Crippen LogP contribution in [0.1, 0.15) is 54.9 Å². The maximum atomic E-state index is 12.7. The monoisotopic (exact) mass is 272 g/mol. The van der Waals surface area contributed by atoms with Gasteiger partial charge >= 0.3 is 0 Å². The number of carbonyl (C=O) groups is 1. The van der Waals surface area contributed by atoms with Gasteiger partial charge in [0.15, 0.2) is 5.78 Å². The molecule has 1 unspecified atom stereocenters. The Hall–Kier alpha value is -1.35. The van der Waals surface area contributed by atoms with Gasteiger partial charge in [-0.1, -0.05) is 19.8 Å². The number of anilines is 1. The number of fused-ring (bicyclic) bond motifs is 1. The molecule has 3 heteroatoms. The van der Waals surface area contributed by atoms with Crippen molar-refractivity contribution in [1.29, 1.82) is 0 Å². The molecular weight excluding hydrogens is 248 g/mol. The molecular formula is C17H24N2O. The highest BCUT2D eigenvalue weighted by Gasteiger charge is 2.24. The molecule has 0 bridgehead atoms. The number of Topliss-reactive ketones (excluding diaryl/α,β-unsaturated/α-hetero) is 1. The van der Waals surface area contributed by atoms with E-state index >= 15 is 0 Å². The van der Waals surface area contributed by atoms with E-state index in [2.05, 4.69) is 29.7 Å². The van der Waals surface area contributed by atoms with Gasteiger partial charge in [-0.15, -0.1) is 0 Å². The Morgan fingerprint density at radius 2 is 2.20 bits per heavy atom. The van der Waals surface area contributed by atoms with Crippen molar-refractivity contribution >= 4 is 11.5 Å². The number of carbonyl (C=O) groups excluding carboxylic acids is 1. The first-order chi connectivity index (χ1) is 9.78. The summed E-state index contributed by atoms with van der Waals surface area (Å²) in [5.41, 5.74) is 3.34. The van der Waals surface area contributed by atoms with E-state index in [0.29, 0.717) is 6.04 Å². The average Bonchev–Trinajstić information content (AvgIpc) is 3.14. The van der Waals surface area contributed by atoms with E-state index in [0.717, 1.165) is 24.9 Å². The molecule has 2 aliphatic rings. The van der Waals surface area contributed by atoms with Gasteiger partial charge in [0.2, 0.25) is 0 Å². The van der Waals surface area contributed by atoms with Crippen molar-refractivity contribution in [3.8, 4) is 0 Å². The molecule has 1 aromatic carbocycles. The van der Waals surface area contributed by atoms with Crippen LogP contribution < -0.4 is 10.6 Å². The normalized spacial score (nSPS) is 19.6. The highest BCUT2D eigenvalue weighted by Crippen LogP contribution is 2.24. The summed E-state index contributed by atoms with van der Waals surface area (Å²) in [4.78, 5) is 12.7. The lowest BCUT2D eigenvalue weighted by atomic mass is 9.98. The number of hydrogen-bond acceptors (Lipinski definition) is 3. The van der Waals surface area contributed by atoms with Crippen LogP contribution in [-0.4, -0.2) is 24.4 Å². The van der Waals surface area contributed by atoms with Gasteiger partial charge in [0, 0.05) is 23.8 Å². The van der Waals surface area contributed by atoms with E-state index in [4.69, 9.17) is 0 Å². The number of nitrogens with one attached hydrogen (secondary N) is 2. The molecule has 20 heavy (non-hydrogen) atoms. The lowest BCUT2D eigenvalue weighted by molar-refractivity contribution is 0.0933. The fraction of sp³-hybridized carbons (Fsp3) is 0.588. The van der Waals surface area contributed by atoms with Crippen LogP contribution >= 0.6 is 0 Å². The third-order valence-electron chi connectivity index (χ3n) is 4.62. The van der Waals surface area contributed by atoms with E-state index in [1.54, 1.807) is 0 Å². The third-order valence-corrected chi connectivity index (χ3v) is 4.62. The molecule has 1 heterocycles. The van der Waals surface area contributed by atoms with Gasteiger partial charge in [-0.25, -0.2) is 0 Å². The highest BCUT2D eigenvalue weighted by atomic mass is 16.1. The largest absolute Gasteiger partial charge is 0.384 e. The van der Waals surface area contributed by atoms with Crippen LogP contribution in [-0.2, 0) is 6.42 Å². The van der Waals surface area contributed by atoms with E-state index < -0.39 is 0 Å². The van der Waals surface area contributed by atoms with Crippen molar-refractivity contribution < 1.29 is 4.79 Å². The van der Waals surface area contributed by atoms with Crippen molar-refractivity contribution in [3.05, 3.63) is 29.3 Å². The van der Waals surface area contributed by atoms with Crippen LogP contribution in [0.3, 0.4) is 0 Å². The Morgan fingerprint density at radius 1 is 1.40 bits per heavy atom. The van der Waals surface area contributed by atoms with Gasteiger partial charge < -0.3 is 10.6 Å². The predicted octanol–water partition coefficient (Wildman–Crippen LogP) is 3.15. The zero-order chi connectivity index (χ0) is 13.9. The minimum atomic E-state index is -0.0227. The van der Waals surface area contributed by atoms with E-state index in [1.807, 2.05) is 6.07 Å². The maximum Gasteiger partial charge on any atom is 0.179 e. The SMILES string of the molecule is CCC(NC1CCCC1)C(=O)c1ccc2c(c1)CCN2. The first kappa shape index (κ1) is 13.6. The van der Waals surface area contributed by atoms with Crippen LogP contribution in [0.25, 0.3) is 0 Å². The molecule has 3 nitrogen and oxygen atoms in total. The third kappa shape index (κ3) is 2.73. The average molecular weight is 272 g/mol. The second kappa shape index (κ2) is 5.96. The summed E-state index contributed by atoms with van der Waals surface area (Å²) in [6.45, 7) is 3.09. The molecule has 108 valence electrons. The second-order valence-corrected chi connectivity index (χ2v) is 6.02. The molecule has 2 N–H and O–H groups in total.